The Bertz CT molecular complexity index is 502. The second-order valence-corrected chi connectivity index (χ2v) is 4.82. The minimum absolute atomic E-state index is 0.670. The van der Waals surface area contributed by atoms with E-state index in [4.69, 9.17) is 16.0 Å². The third-order valence-corrected chi connectivity index (χ3v) is 3.26. The molecular weight excluding hydrogens is 236 g/mol. The second-order valence-electron chi connectivity index (χ2n) is 4.38. The number of hydrogen-bond acceptors (Lipinski definition) is 3. The molecule has 0 aliphatic carbocycles. The molecule has 0 unspecified atom stereocenters. The molecule has 1 aromatic carbocycles. The maximum atomic E-state index is 5.84. The SMILES string of the molecule is Clc1ccc(-c2nc(CC3CNC3)co2)cc1. The van der Waals surface area contributed by atoms with Crippen LogP contribution in [-0.4, -0.2) is 18.1 Å². The molecule has 17 heavy (non-hydrogen) atoms. The van der Waals surface area contributed by atoms with E-state index >= 15 is 0 Å². The average Bonchev–Trinajstić information content (AvgIpc) is 2.73. The highest BCUT2D eigenvalue weighted by molar-refractivity contribution is 6.30. The van der Waals surface area contributed by atoms with Crippen molar-refractivity contribution in [1.82, 2.24) is 10.3 Å². The molecule has 2 aromatic rings. The van der Waals surface area contributed by atoms with E-state index in [2.05, 4.69) is 10.3 Å². The van der Waals surface area contributed by atoms with E-state index in [0.29, 0.717) is 11.8 Å². The van der Waals surface area contributed by atoms with Gasteiger partial charge in [-0.1, -0.05) is 11.6 Å². The molecule has 0 bridgehead atoms. The molecule has 1 fully saturated rings. The number of aromatic nitrogens is 1. The summed E-state index contributed by atoms with van der Waals surface area (Å²) in [5.41, 5.74) is 1.99. The zero-order chi connectivity index (χ0) is 11.7. The zero-order valence-electron chi connectivity index (χ0n) is 9.32. The smallest absolute Gasteiger partial charge is 0.226 e. The number of nitrogens with one attached hydrogen (secondary N) is 1. The number of halogens is 1. The van der Waals surface area contributed by atoms with Crippen LogP contribution in [0.3, 0.4) is 0 Å². The molecule has 1 aliphatic rings. The van der Waals surface area contributed by atoms with Crippen molar-refractivity contribution < 1.29 is 4.42 Å². The zero-order valence-corrected chi connectivity index (χ0v) is 10.1. The standard InChI is InChI=1S/C13H13ClN2O/c14-11-3-1-10(2-4-11)13-16-12(8-17-13)5-9-6-15-7-9/h1-4,8-9,15H,5-7H2. The molecule has 88 valence electrons. The van der Waals surface area contributed by atoms with Crippen molar-refractivity contribution in [3.05, 3.63) is 41.2 Å². The molecule has 3 rings (SSSR count). The first-order valence-electron chi connectivity index (χ1n) is 5.72. The minimum Gasteiger partial charge on any atom is -0.444 e. The fourth-order valence-corrected chi connectivity index (χ4v) is 2.04. The maximum Gasteiger partial charge on any atom is 0.226 e. The normalized spacial score (nSPS) is 15.8. The topological polar surface area (TPSA) is 38.1 Å². The lowest BCUT2D eigenvalue weighted by atomic mass is 9.98. The van der Waals surface area contributed by atoms with Gasteiger partial charge in [0, 0.05) is 10.6 Å². The van der Waals surface area contributed by atoms with Gasteiger partial charge in [0.2, 0.25) is 5.89 Å². The van der Waals surface area contributed by atoms with Crippen molar-refractivity contribution in [2.75, 3.05) is 13.1 Å². The van der Waals surface area contributed by atoms with E-state index in [1.807, 2.05) is 24.3 Å². The summed E-state index contributed by atoms with van der Waals surface area (Å²) in [6.07, 6.45) is 2.74. The van der Waals surface area contributed by atoms with E-state index in [1.165, 1.54) is 0 Å². The highest BCUT2D eigenvalue weighted by Crippen LogP contribution is 2.22. The van der Waals surface area contributed by atoms with Crippen LogP contribution in [0.15, 0.2) is 34.9 Å². The number of benzene rings is 1. The summed E-state index contributed by atoms with van der Waals surface area (Å²) in [5.74, 6) is 1.38. The van der Waals surface area contributed by atoms with Gasteiger partial charge in [-0.15, -0.1) is 0 Å². The quantitative estimate of drug-likeness (QED) is 0.908. The van der Waals surface area contributed by atoms with Crippen LogP contribution in [0.2, 0.25) is 5.02 Å². The highest BCUT2D eigenvalue weighted by Gasteiger charge is 2.19. The Hall–Kier alpha value is -1.32. The van der Waals surface area contributed by atoms with Crippen LogP contribution in [0, 0.1) is 5.92 Å². The molecule has 0 spiro atoms. The van der Waals surface area contributed by atoms with Crippen molar-refractivity contribution in [3.8, 4) is 11.5 Å². The van der Waals surface area contributed by atoms with Crippen molar-refractivity contribution in [1.29, 1.82) is 0 Å². The summed E-state index contributed by atoms with van der Waals surface area (Å²) in [4.78, 5) is 4.49. The first kappa shape index (κ1) is 10.8. The molecule has 2 heterocycles. The summed E-state index contributed by atoms with van der Waals surface area (Å²) in [7, 11) is 0. The van der Waals surface area contributed by atoms with Crippen LogP contribution in [0.5, 0.6) is 0 Å². The third-order valence-electron chi connectivity index (χ3n) is 3.01. The number of rotatable bonds is 3. The van der Waals surface area contributed by atoms with Gasteiger partial charge in [0.1, 0.15) is 6.26 Å². The molecule has 0 saturated carbocycles. The van der Waals surface area contributed by atoms with Crippen LogP contribution in [0.4, 0.5) is 0 Å². The van der Waals surface area contributed by atoms with Gasteiger partial charge in [-0.05, 0) is 49.7 Å². The fourth-order valence-electron chi connectivity index (χ4n) is 1.91. The van der Waals surface area contributed by atoms with Gasteiger partial charge in [0.15, 0.2) is 0 Å². The fraction of sp³-hybridized carbons (Fsp3) is 0.308. The molecule has 1 N–H and O–H groups in total. The maximum absolute atomic E-state index is 5.84. The summed E-state index contributed by atoms with van der Waals surface area (Å²) in [6.45, 7) is 2.17. The van der Waals surface area contributed by atoms with Crippen molar-refractivity contribution in [2.24, 2.45) is 5.92 Å². The lowest BCUT2D eigenvalue weighted by molar-refractivity contribution is 0.344. The molecule has 1 saturated heterocycles. The average molecular weight is 249 g/mol. The van der Waals surface area contributed by atoms with Gasteiger partial charge < -0.3 is 9.73 Å². The predicted octanol–water partition coefficient (Wildman–Crippen LogP) is 2.76. The van der Waals surface area contributed by atoms with Crippen LogP contribution in [0.1, 0.15) is 5.69 Å². The van der Waals surface area contributed by atoms with Gasteiger partial charge >= 0.3 is 0 Å². The number of oxazole rings is 1. The minimum atomic E-state index is 0.670. The molecule has 4 heteroatoms. The second kappa shape index (κ2) is 4.51. The Kier molecular flexibility index (Phi) is 2.87. The molecule has 3 nitrogen and oxygen atoms in total. The monoisotopic (exact) mass is 248 g/mol. The van der Waals surface area contributed by atoms with Crippen molar-refractivity contribution >= 4 is 11.6 Å². The Morgan fingerprint density at radius 1 is 1.29 bits per heavy atom. The van der Waals surface area contributed by atoms with Crippen LogP contribution >= 0.6 is 11.6 Å². The summed E-state index contributed by atoms with van der Waals surface area (Å²) in [6, 6.07) is 7.53. The first-order chi connectivity index (χ1) is 8.31. The Morgan fingerprint density at radius 3 is 2.71 bits per heavy atom. The van der Waals surface area contributed by atoms with Gasteiger partial charge in [0.25, 0.3) is 0 Å². The Morgan fingerprint density at radius 2 is 2.06 bits per heavy atom. The van der Waals surface area contributed by atoms with Crippen LogP contribution in [-0.2, 0) is 6.42 Å². The predicted molar refractivity (Wildman–Crippen MR) is 67.0 cm³/mol. The summed E-state index contributed by atoms with van der Waals surface area (Å²) in [5, 5.41) is 3.98. The summed E-state index contributed by atoms with van der Waals surface area (Å²) >= 11 is 5.84. The third kappa shape index (κ3) is 2.35. The van der Waals surface area contributed by atoms with E-state index in [9.17, 15) is 0 Å². The van der Waals surface area contributed by atoms with Gasteiger partial charge in [-0.25, -0.2) is 4.98 Å². The van der Waals surface area contributed by atoms with E-state index in [0.717, 1.165) is 35.8 Å². The highest BCUT2D eigenvalue weighted by atomic mass is 35.5. The van der Waals surface area contributed by atoms with Gasteiger partial charge in [-0.3, -0.25) is 0 Å². The van der Waals surface area contributed by atoms with E-state index < -0.39 is 0 Å². The lowest BCUT2D eigenvalue weighted by Crippen LogP contribution is -2.43. The first-order valence-corrected chi connectivity index (χ1v) is 6.10. The van der Waals surface area contributed by atoms with Crippen LogP contribution in [0.25, 0.3) is 11.5 Å². The van der Waals surface area contributed by atoms with Crippen molar-refractivity contribution in [2.45, 2.75) is 6.42 Å². The molecule has 0 atom stereocenters. The molecule has 1 aliphatic heterocycles. The van der Waals surface area contributed by atoms with E-state index in [-0.39, 0.29) is 0 Å². The van der Waals surface area contributed by atoms with Crippen molar-refractivity contribution in [3.63, 3.8) is 0 Å². The molecular formula is C13H13ClN2O. The number of hydrogen-bond donors (Lipinski definition) is 1. The van der Waals surface area contributed by atoms with Crippen LogP contribution < -0.4 is 5.32 Å². The van der Waals surface area contributed by atoms with Gasteiger partial charge in [-0.2, -0.15) is 0 Å². The lowest BCUT2D eigenvalue weighted by Gasteiger charge is -2.25. The van der Waals surface area contributed by atoms with Gasteiger partial charge in [0.05, 0.1) is 5.69 Å². The van der Waals surface area contributed by atoms with E-state index in [1.54, 1.807) is 6.26 Å². The summed E-state index contributed by atoms with van der Waals surface area (Å²) < 4.78 is 5.49. The number of nitrogens with zero attached hydrogens (tertiary/aromatic N) is 1. The molecule has 0 radical (unpaired) electrons. The molecule has 1 aromatic heterocycles. The molecule has 0 amide bonds. The Balaban J connectivity index is 1.76. The largest absolute Gasteiger partial charge is 0.444 e. The Labute approximate surface area is 105 Å².